The summed E-state index contributed by atoms with van der Waals surface area (Å²) in [6, 6.07) is 50.1. The zero-order valence-electron chi connectivity index (χ0n) is 48.5. The van der Waals surface area contributed by atoms with E-state index in [4.69, 9.17) is 17.9 Å². The number of rotatable bonds is 8. The van der Waals surface area contributed by atoms with E-state index in [1.165, 1.54) is 0 Å². The molecule has 0 fully saturated rings. The zero-order chi connectivity index (χ0) is 56.5. The molecule has 0 radical (unpaired) electrons. The van der Waals surface area contributed by atoms with Crippen molar-refractivity contribution >= 4 is 54.6 Å². The van der Waals surface area contributed by atoms with Gasteiger partial charge in [-0.2, -0.15) is 0 Å². The fourth-order valence-electron chi connectivity index (χ4n) is 9.82. The van der Waals surface area contributed by atoms with Crippen LogP contribution in [0.5, 0.6) is 11.5 Å². The Kier molecular flexibility index (Phi) is 7.95. The maximum atomic E-state index is 9.55. The quantitative estimate of drug-likeness (QED) is 0.142. The van der Waals surface area contributed by atoms with Crippen molar-refractivity contribution in [1.29, 1.82) is 0 Å². The van der Waals surface area contributed by atoms with Crippen LogP contribution in [0.1, 0.15) is 40.0 Å². The molecule has 344 valence electrons. The Morgan fingerprint density at radius 2 is 1.04 bits per heavy atom. The average molecular weight is 1110 g/mol. The van der Waals surface area contributed by atoms with Crippen LogP contribution in [0.25, 0.3) is 99.8 Å². The standard InChI is InChI=1S/C64H45N5O.Pt/c1-64(2,3)45-35-36-65-62(37-45)69-58-30-15-12-27-52(58)53-34-33-49(41-61(53)69)70-48-24-18-23-46(38-48)66-42-67(60-32-17-16-31-59(60)66)63-54(43-19-6-4-7-20-43)39-47(40-55(63)44-21-8-5-9-22-44)68-56-28-13-10-25-50(56)51-26-11-14-29-57(51)68;/h4-37,39-40H,1-3H3;/q-2;/i4D,5D,6D,7D,8D,9D,19D,20D,21D,22D;. The van der Waals surface area contributed by atoms with Crippen LogP contribution in [0.2, 0.25) is 0 Å². The summed E-state index contributed by atoms with van der Waals surface area (Å²) in [5.74, 6) is 1.56. The molecule has 6 nitrogen and oxygen atoms in total. The van der Waals surface area contributed by atoms with Gasteiger partial charge in [0.2, 0.25) is 0 Å². The summed E-state index contributed by atoms with van der Waals surface area (Å²) in [4.78, 5) is 4.84. The summed E-state index contributed by atoms with van der Waals surface area (Å²) < 4.78 is 107. The average Bonchev–Trinajstić information content (AvgIpc) is 3.57. The van der Waals surface area contributed by atoms with Crippen molar-refractivity contribution in [2.75, 3.05) is 0 Å². The molecule has 9 aromatic carbocycles. The zero-order valence-corrected chi connectivity index (χ0v) is 40.7. The third kappa shape index (κ3) is 7.20. The van der Waals surface area contributed by atoms with Crippen LogP contribution in [0, 0.1) is 15.9 Å². The van der Waals surface area contributed by atoms with Gasteiger partial charge in [0.25, 0.3) is 0 Å². The van der Waals surface area contributed by atoms with E-state index in [1.807, 2.05) is 135 Å². The summed E-state index contributed by atoms with van der Waals surface area (Å²) in [7, 11) is 0. The first kappa shape index (κ1) is 33.3. The minimum absolute atomic E-state index is 0.115. The van der Waals surface area contributed by atoms with E-state index in [-0.39, 0.29) is 33.4 Å². The van der Waals surface area contributed by atoms with Crippen molar-refractivity contribution in [1.82, 2.24) is 23.3 Å². The van der Waals surface area contributed by atoms with Gasteiger partial charge in [-0.15, -0.1) is 0 Å². The van der Waals surface area contributed by atoms with Crippen molar-refractivity contribution in [2.45, 2.75) is 26.2 Å². The number of hydrogen-bond donors (Lipinski definition) is 0. The van der Waals surface area contributed by atoms with E-state index in [0.717, 1.165) is 55.0 Å². The first-order chi connectivity index (χ1) is 38.9. The van der Waals surface area contributed by atoms with E-state index in [9.17, 15) is 5.48 Å². The van der Waals surface area contributed by atoms with Gasteiger partial charge < -0.3 is 0 Å². The van der Waals surface area contributed by atoms with Gasteiger partial charge in [-0.3, -0.25) is 0 Å². The van der Waals surface area contributed by atoms with Crippen LogP contribution < -0.4 is 4.74 Å². The van der Waals surface area contributed by atoms with Crippen LogP contribution in [0.3, 0.4) is 0 Å². The Morgan fingerprint density at radius 3 is 1.65 bits per heavy atom. The number of ether oxygens (including phenoxy) is 1. The normalized spacial score (nSPS) is 13.9. The number of fused-ring (bicyclic) bond motifs is 7. The first-order valence-corrected chi connectivity index (χ1v) is 24.2. The topological polar surface area (TPSA) is 41.8 Å². The number of aromatic nitrogens is 5. The van der Waals surface area contributed by atoms with Crippen LogP contribution in [-0.4, -0.2) is 23.3 Å². The van der Waals surface area contributed by atoms with Crippen LogP contribution in [0.4, 0.5) is 0 Å². The third-order valence-electron chi connectivity index (χ3n) is 13.0. The second-order valence-corrected chi connectivity index (χ2v) is 19.3. The molecule has 0 atom stereocenters. The third-order valence-corrected chi connectivity index (χ3v) is 14.0. The predicted molar refractivity (Wildman–Crippen MR) is 286 cm³/mol. The second-order valence-electron chi connectivity index (χ2n) is 18.3. The molecule has 0 spiro atoms. The molecular formula is C64H45N5OPt-2. The molecule has 0 aliphatic heterocycles. The summed E-state index contributed by atoms with van der Waals surface area (Å²) in [6.07, 6.45) is 1.84. The van der Waals surface area contributed by atoms with Crippen molar-refractivity contribution < 1.29 is 37.8 Å². The first-order valence-electron chi connectivity index (χ1n) is 28.0. The molecule has 4 aromatic heterocycles. The van der Waals surface area contributed by atoms with Gasteiger partial charge in [-0.25, -0.2) is 0 Å². The summed E-state index contributed by atoms with van der Waals surface area (Å²) in [6.45, 7) is 6.52. The fraction of sp³-hybridized carbons (Fsp3) is 0.0625. The number of hydrogen-bond acceptors (Lipinski definition) is 2. The van der Waals surface area contributed by atoms with E-state index >= 15 is 0 Å². The van der Waals surface area contributed by atoms with Crippen molar-refractivity contribution in [3.63, 3.8) is 0 Å². The molecule has 0 saturated heterocycles. The van der Waals surface area contributed by atoms with E-state index < -0.39 is 60.4 Å². The predicted octanol–water partition coefficient (Wildman–Crippen LogP) is 16.1. The van der Waals surface area contributed by atoms with Gasteiger partial charge in [0, 0.05) is 6.20 Å². The molecule has 0 aliphatic carbocycles. The molecule has 71 heavy (non-hydrogen) atoms. The van der Waals surface area contributed by atoms with E-state index in [2.05, 4.69) is 75.0 Å². The molecule has 0 saturated carbocycles. The molecule has 0 amide bonds. The van der Waals surface area contributed by atoms with Crippen LogP contribution in [-0.2, 0) is 24.8 Å². The number of nitrogens with zero attached hydrogens (tertiary/aromatic N) is 5. The van der Waals surface area contributed by atoms with Crippen molar-refractivity contribution in [2.24, 2.45) is 0 Å². The van der Waals surface area contributed by atoms with Gasteiger partial charge in [-0.05, 0) is 17.0 Å². The monoisotopic (exact) mass is 1100 g/mol. The van der Waals surface area contributed by atoms with Gasteiger partial charge in [0.15, 0.2) is 0 Å². The molecule has 0 N–H and O–H groups in total. The van der Waals surface area contributed by atoms with E-state index in [1.54, 1.807) is 18.2 Å². The SMILES string of the molecule is [2H]c1c([2H])c([2H])c(-c2cc(-n3c4ccccc4c4ccccc43)cc(-c3c([2H])c([2H])c([2H])c([2H])c3[2H])c2-n2[c](=[Pt])n(-c3[c-]c(Oc4[c-]c5c(cc4)c4ccccc4n5-c4cc(C(C)(C)C)ccn4)ccc3)c3ccccc32)c([2H])c1[2H]. The van der Waals surface area contributed by atoms with Crippen LogP contribution >= 0.6 is 0 Å². The van der Waals surface area contributed by atoms with Gasteiger partial charge >= 0.3 is 382 Å². The molecule has 0 bridgehead atoms. The van der Waals surface area contributed by atoms with Gasteiger partial charge in [-0.1, -0.05) is 32.9 Å². The molecular weight excluding hydrogens is 1050 g/mol. The van der Waals surface area contributed by atoms with E-state index in [0.29, 0.717) is 37.7 Å². The Bertz CT molecular complexity index is 4700. The molecule has 4 heterocycles. The Hall–Kier alpha value is -8.31. The number of benzene rings is 9. The van der Waals surface area contributed by atoms with Gasteiger partial charge in [0.05, 0.1) is 0 Å². The van der Waals surface area contributed by atoms with Gasteiger partial charge in [0.1, 0.15) is 0 Å². The van der Waals surface area contributed by atoms with Crippen molar-refractivity contribution in [3.8, 4) is 56.6 Å². The molecule has 13 aromatic rings. The number of pyridine rings is 1. The second kappa shape index (κ2) is 17.0. The summed E-state index contributed by atoms with van der Waals surface area (Å²) in [5.41, 5.74) is 6.74. The molecule has 7 heteroatoms. The Morgan fingerprint density at radius 1 is 0.507 bits per heavy atom. The number of para-hydroxylation sites is 5. The summed E-state index contributed by atoms with van der Waals surface area (Å²) in [5, 5.41) is 3.85. The maximum absolute atomic E-state index is 9.55. The molecule has 13 rings (SSSR count). The summed E-state index contributed by atoms with van der Waals surface area (Å²) >= 11 is 2.18. The minimum atomic E-state index is -0.584. The van der Waals surface area contributed by atoms with Crippen molar-refractivity contribution in [3.05, 3.63) is 240 Å². The Balaban J connectivity index is 1.07. The van der Waals surface area contributed by atoms with Crippen LogP contribution in [0.15, 0.2) is 218 Å². The molecule has 0 aliphatic rings. The Labute approximate surface area is 436 Å². The number of imidazole rings is 1. The fourth-order valence-corrected chi connectivity index (χ4v) is 10.9. The molecule has 0 unspecified atom stereocenters.